The predicted octanol–water partition coefficient (Wildman–Crippen LogP) is 4.50. The normalized spacial score (nSPS) is 22.8. The van der Waals surface area contributed by atoms with Gasteiger partial charge in [0.1, 0.15) is 24.4 Å². The predicted molar refractivity (Wildman–Crippen MR) is 132 cm³/mol. The molecule has 0 saturated carbocycles. The van der Waals surface area contributed by atoms with E-state index in [1.165, 1.54) is 0 Å². The molecule has 6 nitrogen and oxygen atoms in total. The van der Waals surface area contributed by atoms with Crippen LogP contribution >= 0.6 is 0 Å². The highest BCUT2D eigenvalue weighted by Gasteiger charge is 2.49. The van der Waals surface area contributed by atoms with E-state index in [-0.39, 0.29) is 6.61 Å². The molecule has 6 heteroatoms. The van der Waals surface area contributed by atoms with Gasteiger partial charge in [-0.05, 0) is 23.6 Å². The summed E-state index contributed by atoms with van der Waals surface area (Å²) in [6.07, 6.45) is -3.40. The summed E-state index contributed by atoms with van der Waals surface area (Å²) in [5, 5.41) is 11.0. The summed E-state index contributed by atoms with van der Waals surface area (Å²) >= 11 is 0. The van der Waals surface area contributed by atoms with Crippen molar-refractivity contribution in [2.24, 2.45) is 0 Å². The second-order valence-corrected chi connectivity index (χ2v) is 8.51. The fourth-order valence-electron chi connectivity index (χ4n) is 4.11. The molecule has 0 aromatic heterocycles. The molecule has 0 amide bonds. The van der Waals surface area contributed by atoms with Gasteiger partial charge in [-0.1, -0.05) is 91.0 Å². The van der Waals surface area contributed by atoms with Crippen LogP contribution in [0.2, 0.25) is 0 Å². The molecule has 0 aliphatic carbocycles. The maximum atomic E-state index is 11.0. The van der Waals surface area contributed by atoms with E-state index in [4.69, 9.17) is 23.7 Å². The van der Waals surface area contributed by atoms with E-state index in [0.29, 0.717) is 26.4 Å². The van der Waals surface area contributed by atoms with Crippen LogP contribution < -0.4 is 0 Å². The van der Waals surface area contributed by atoms with E-state index in [9.17, 15) is 5.11 Å². The molecule has 4 rings (SSSR count). The van der Waals surface area contributed by atoms with Crippen molar-refractivity contribution in [1.82, 2.24) is 0 Å². The maximum Gasteiger partial charge on any atom is 0.186 e. The molecule has 5 atom stereocenters. The number of rotatable bonds is 13. The molecule has 3 aromatic rings. The Labute approximate surface area is 207 Å². The quantitative estimate of drug-likeness (QED) is 0.390. The van der Waals surface area contributed by atoms with Gasteiger partial charge >= 0.3 is 0 Å². The minimum absolute atomic E-state index is 0.281. The van der Waals surface area contributed by atoms with Gasteiger partial charge in [-0.25, -0.2) is 0 Å². The number of ether oxygens (including phenoxy) is 5. The van der Waals surface area contributed by atoms with Gasteiger partial charge < -0.3 is 28.8 Å². The minimum Gasteiger partial charge on any atom is -0.385 e. The molecule has 0 unspecified atom stereocenters. The molecular weight excluding hydrogens is 444 g/mol. The first kappa shape index (κ1) is 25.5. The summed E-state index contributed by atoms with van der Waals surface area (Å²) < 4.78 is 30.4. The zero-order valence-electron chi connectivity index (χ0n) is 20.1. The van der Waals surface area contributed by atoms with Crippen molar-refractivity contribution in [3.05, 3.63) is 108 Å². The zero-order valence-corrected chi connectivity index (χ0v) is 20.1. The van der Waals surface area contributed by atoms with Crippen LogP contribution in [0.5, 0.6) is 0 Å². The lowest BCUT2D eigenvalue weighted by Crippen LogP contribution is -2.44. The standard InChI is InChI=1S/C29H34O6/c1-2-32-29-26(30)28(34-20-24-16-10-5-11-17-24)27(35-29)25(33-19-23-14-8-4-9-15-23)21-31-18-22-12-6-3-7-13-22/h3-17,25-30H,2,18-21H2,1H3/t25-,26-,27-,28-,29+/m1/s1. The first-order valence-corrected chi connectivity index (χ1v) is 12.1. The van der Waals surface area contributed by atoms with Gasteiger partial charge in [-0.15, -0.1) is 0 Å². The van der Waals surface area contributed by atoms with Gasteiger partial charge in [0.2, 0.25) is 0 Å². The lowest BCUT2D eigenvalue weighted by atomic mass is 10.1. The summed E-state index contributed by atoms with van der Waals surface area (Å²) in [5.74, 6) is 0. The molecule has 186 valence electrons. The molecule has 35 heavy (non-hydrogen) atoms. The molecule has 1 heterocycles. The average Bonchev–Trinajstić information content (AvgIpc) is 3.21. The Morgan fingerprint density at radius 2 is 1.29 bits per heavy atom. The summed E-state index contributed by atoms with van der Waals surface area (Å²) in [6, 6.07) is 29.8. The number of aliphatic hydroxyl groups excluding tert-OH is 1. The Bertz CT molecular complexity index is 968. The first-order chi connectivity index (χ1) is 17.2. The fraction of sp³-hybridized carbons (Fsp3) is 0.379. The highest BCUT2D eigenvalue weighted by atomic mass is 16.7. The summed E-state index contributed by atoms with van der Waals surface area (Å²) in [6.45, 7) is 3.75. The van der Waals surface area contributed by atoms with Crippen molar-refractivity contribution in [2.45, 2.75) is 57.5 Å². The Morgan fingerprint density at radius 1 is 0.743 bits per heavy atom. The van der Waals surface area contributed by atoms with Crippen molar-refractivity contribution >= 4 is 0 Å². The smallest absolute Gasteiger partial charge is 0.186 e. The third kappa shape index (κ3) is 7.45. The second-order valence-electron chi connectivity index (χ2n) is 8.51. The molecule has 0 bridgehead atoms. The van der Waals surface area contributed by atoms with Crippen LogP contribution in [0.1, 0.15) is 23.6 Å². The summed E-state index contributed by atoms with van der Waals surface area (Å²) in [5.41, 5.74) is 3.13. The monoisotopic (exact) mass is 478 g/mol. The SMILES string of the molecule is CCO[C@H]1O[C@H]([C@@H](COCc2ccccc2)OCc2ccccc2)[C@H](OCc2ccccc2)[C@H]1O. The van der Waals surface area contributed by atoms with Crippen LogP contribution in [0.4, 0.5) is 0 Å². The maximum absolute atomic E-state index is 11.0. The summed E-state index contributed by atoms with van der Waals surface area (Å²) in [4.78, 5) is 0. The van der Waals surface area contributed by atoms with E-state index in [2.05, 4.69) is 0 Å². The Balaban J connectivity index is 1.48. The largest absolute Gasteiger partial charge is 0.385 e. The van der Waals surface area contributed by atoms with Gasteiger partial charge in [-0.2, -0.15) is 0 Å². The molecule has 3 aromatic carbocycles. The average molecular weight is 479 g/mol. The van der Waals surface area contributed by atoms with Crippen LogP contribution in [0, 0.1) is 0 Å². The van der Waals surface area contributed by atoms with E-state index >= 15 is 0 Å². The topological polar surface area (TPSA) is 66.4 Å². The van der Waals surface area contributed by atoms with Gasteiger partial charge in [0.25, 0.3) is 0 Å². The fourth-order valence-corrected chi connectivity index (χ4v) is 4.11. The Morgan fingerprint density at radius 3 is 1.86 bits per heavy atom. The van der Waals surface area contributed by atoms with Crippen molar-refractivity contribution in [3.8, 4) is 0 Å². The lowest BCUT2D eigenvalue weighted by Gasteiger charge is -2.28. The van der Waals surface area contributed by atoms with Crippen LogP contribution in [-0.4, -0.2) is 49.0 Å². The van der Waals surface area contributed by atoms with Crippen molar-refractivity contribution < 1.29 is 28.8 Å². The van der Waals surface area contributed by atoms with Gasteiger partial charge in [0.15, 0.2) is 6.29 Å². The molecule has 1 aliphatic heterocycles. The summed E-state index contributed by atoms with van der Waals surface area (Å²) in [7, 11) is 0. The number of aliphatic hydroxyl groups is 1. The Hall–Kier alpha value is -2.58. The highest BCUT2D eigenvalue weighted by Crippen LogP contribution is 2.30. The molecular formula is C29H34O6. The lowest BCUT2D eigenvalue weighted by molar-refractivity contribution is -0.189. The molecule has 0 spiro atoms. The molecule has 1 saturated heterocycles. The van der Waals surface area contributed by atoms with Gasteiger partial charge in [0.05, 0.1) is 26.4 Å². The number of hydrogen-bond acceptors (Lipinski definition) is 6. The van der Waals surface area contributed by atoms with E-state index in [0.717, 1.165) is 16.7 Å². The van der Waals surface area contributed by atoms with Crippen molar-refractivity contribution in [3.63, 3.8) is 0 Å². The number of benzene rings is 3. The Kier molecular flexibility index (Phi) is 9.84. The van der Waals surface area contributed by atoms with Crippen LogP contribution in [0.25, 0.3) is 0 Å². The van der Waals surface area contributed by atoms with Crippen molar-refractivity contribution in [2.75, 3.05) is 13.2 Å². The van der Waals surface area contributed by atoms with Gasteiger partial charge in [0, 0.05) is 6.61 Å². The van der Waals surface area contributed by atoms with Crippen LogP contribution in [-0.2, 0) is 43.5 Å². The van der Waals surface area contributed by atoms with Crippen LogP contribution in [0.15, 0.2) is 91.0 Å². The van der Waals surface area contributed by atoms with Crippen molar-refractivity contribution in [1.29, 1.82) is 0 Å². The third-order valence-corrected chi connectivity index (χ3v) is 5.91. The zero-order chi connectivity index (χ0) is 24.3. The van der Waals surface area contributed by atoms with E-state index < -0.39 is 30.7 Å². The molecule has 1 N–H and O–H groups in total. The number of hydrogen-bond donors (Lipinski definition) is 1. The van der Waals surface area contributed by atoms with E-state index in [1.807, 2.05) is 97.9 Å². The van der Waals surface area contributed by atoms with Crippen LogP contribution in [0.3, 0.4) is 0 Å². The molecule has 1 aliphatic rings. The second kappa shape index (κ2) is 13.5. The highest BCUT2D eigenvalue weighted by molar-refractivity contribution is 5.15. The minimum atomic E-state index is -0.944. The van der Waals surface area contributed by atoms with E-state index in [1.54, 1.807) is 0 Å². The van der Waals surface area contributed by atoms with Gasteiger partial charge in [-0.3, -0.25) is 0 Å². The molecule has 1 fully saturated rings. The third-order valence-electron chi connectivity index (χ3n) is 5.91. The first-order valence-electron chi connectivity index (χ1n) is 12.1. The molecule has 0 radical (unpaired) electrons.